The first-order valence-corrected chi connectivity index (χ1v) is 6.32. The predicted octanol–water partition coefficient (Wildman–Crippen LogP) is 2.83. The smallest absolute Gasteiger partial charge is 0.338 e. The first-order valence-electron chi connectivity index (χ1n) is 6.32. The lowest BCUT2D eigenvalue weighted by Crippen LogP contribution is -2.03. The average molecular weight is 299 g/mol. The fourth-order valence-corrected chi connectivity index (χ4v) is 1.74. The number of hydrazone groups is 1. The van der Waals surface area contributed by atoms with Crippen LogP contribution in [0.5, 0.6) is 0 Å². The van der Waals surface area contributed by atoms with Crippen LogP contribution in [0, 0.1) is 10.1 Å². The lowest BCUT2D eigenvalue weighted by atomic mass is 10.1. The van der Waals surface area contributed by atoms with Gasteiger partial charge >= 0.3 is 5.97 Å². The molecule has 1 N–H and O–H groups in total. The molecule has 0 spiro atoms. The standard InChI is InChI=1S/C15H13N3O4/c1-22-15(19)12-7-11(8-14(9-12)18(20)21)10-16-17-13-5-3-2-4-6-13/h2-10,17H,1H3. The van der Waals surface area contributed by atoms with Gasteiger partial charge in [-0.2, -0.15) is 5.10 Å². The van der Waals surface area contributed by atoms with Crippen molar-refractivity contribution < 1.29 is 14.5 Å². The third-order valence-electron chi connectivity index (χ3n) is 2.75. The van der Waals surface area contributed by atoms with Crippen LogP contribution < -0.4 is 5.43 Å². The molecule has 0 atom stereocenters. The second-order valence-electron chi connectivity index (χ2n) is 4.30. The number of methoxy groups -OCH3 is 1. The SMILES string of the molecule is COC(=O)c1cc(C=NNc2ccccc2)cc([N+](=O)[O-])c1. The topological polar surface area (TPSA) is 93.8 Å². The maximum Gasteiger partial charge on any atom is 0.338 e. The van der Waals surface area contributed by atoms with Crippen molar-refractivity contribution >= 4 is 23.6 Å². The molecule has 0 aliphatic heterocycles. The van der Waals surface area contributed by atoms with Crippen molar-refractivity contribution in [3.63, 3.8) is 0 Å². The molecule has 2 aromatic carbocycles. The summed E-state index contributed by atoms with van der Waals surface area (Å²) < 4.78 is 4.58. The third-order valence-corrected chi connectivity index (χ3v) is 2.75. The molecular weight excluding hydrogens is 286 g/mol. The molecule has 7 nitrogen and oxygen atoms in total. The summed E-state index contributed by atoms with van der Waals surface area (Å²) in [5.41, 5.74) is 3.87. The quantitative estimate of drug-likeness (QED) is 0.396. The van der Waals surface area contributed by atoms with Crippen molar-refractivity contribution in [1.29, 1.82) is 0 Å². The average Bonchev–Trinajstić information content (AvgIpc) is 2.54. The van der Waals surface area contributed by atoms with E-state index in [4.69, 9.17) is 0 Å². The van der Waals surface area contributed by atoms with Gasteiger partial charge in [0.05, 0.1) is 29.5 Å². The number of para-hydroxylation sites is 1. The van der Waals surface area contributed by atoms with Crippen LogP contribution in [0.1, 0.15) is 15.9 Å². The fraction of sp³-hybridized carbons (Fsp3) is 0.0667. The molecule has 7 heteroatoms. The first kappa shape index (κ1) is 15.2. The molecule has 0 unspecified atom stereocenters. The summed E-state index contributed by atoms with van der Waals surface area (Å²) >= 11 is 0. The van der Waals surface area contributed by atoms with E-state index in [2.05, 4.69) is 15.3 Å². The van der Waals surface area contributed by atoms with E-state index in [1.807, 2.05) is 30.3 Å². The molecule has 0 heterocycles. The molecule has 112 valence electrons. The van der Waals surface area contributed by atoms with Gasteiger partial charge in [-0.15, -0.1) is 0 Å². The third kappa shape index (κ3) is 3.89. The molecule has 0 saturated carbocycles. The van der Waals surface area contributed by atoms with Gasteiger partial charge in [0.2, 0.25) is 0 Å². The van der Waals surface area contributed by atoms with E-state index >= 15 is 0 Å². The van der Waals surface area contributed by atoms with E-state index in [-0.39, 0.29) is 11.3 Å². The Morgan fingerprint density at radius 1 is 1.27 bits per heavy atom. The fourth-order valence-electron chi connectivity index (χ4n) is 1.74. The molecule has 0 aromatic heterocycles. The Labute approximate surface area is 126 Å². The van der Waals surface area contributed by atoms with E-state index in [1.54, 1.807) is 0 Å². The van der Waals surface area contributed by atoms with Crippen LogP contribution in [0.4, 0.5) is 11.4 Å². The van der Waals surface area contributed by atoms with Crippen molar-refractivity contribution in [3.05, 3.63) is 69.8 Å². The zero-order valence-electron chi connectivity index (χ0n) is 11.7. The number of carbonyl (C=O) groups excluding carboxylic acids is 1. The van der Waals surface area contributed by atoms with E-state index < -0.39 is 10.9 Å². The van der Waals surface area contributed by atoms with Crippen molar-refractivity contribution in [2.75, 3.05) is 12.5 Å². The van der Waals surface area contributed by atoms with Gasteiger partial charge in [0.25, 0.3) is 5.69 Å². The zero-order chi connectivity index (χ0) is 15.9. The molecule has 0 aliphatic carbocycles. The highest BCUT2D eigenvalue weighted by molar-refractivity contribution is 5.93. The van der Waals surface area contributed by atoms with Crippen LogP contribution in [0.2, 0.25) is 0 Å². The van der Waals surface area contributed by atoms with Crippen LogP contribution in [-0.4, -0.2) is 24.2 Å². The second kappa shape index (κ2) is 6.98. The molecule has 0 amide bonds. The minimum Gasteiger partial charge on any atom is -0.465 e. The number of benzene rings is 2. The van der Waals surface area contributed by atoms with Gasteiger partial charge in [0.1, 0.15) is 0 Å². The molecule has 0 aliphatic rings. The lowest BCUT2D eigenvalue weighted by molar-refractivity contribution is -0.384. The summed E-state index contributed by atoms with van der Waals surface area (Å²) in [5.74, 6) is -0.644. The van der Waals surface area contributed by atoms with Gasteiger partial charge < -0.3 is 4.74 Å². The molecule has 0 fully saturated rings. The predicted molar refractivity (Wildman–Crippen MR) is 82.1 cm³/mol. The Morgan fingerprint density at radius 2 is 2.00 bits per heavy atom. The summed E-state index contributed by atoms with van der Waals surface area (Å²) in [7, 11) is 1.21. The normalized spacial score (nSPS) is 10.4. The molecule has 0 bridgehead atoms. The molecule has 2 rings (SSSR count). The molecule has 22 heavy (non-hydrogen) atoms. The van der Waals surface area contributed by atoms with Crippen molar-refractivity contribution in [2.45, 2.75) is 0 Å². The number of hydrogen-bond acceptors (Lipinski definition) is 6. The number of esters is 1. The molecule has 0 radical (unpaired) electrons. The Morgan fingerprint density at radius 3 is 2.64 bits per heavy atom. The first-order chi connectivity index (χ1) is 10.6. The number of non-ortho nitro benzene ring substituents is 1. The largest absolute Gasteiger partial charge is 0.465 e. The van der Waals surface area contributed by atoms with Crippen LogP contribution in [0.25, 0.3) is 0 Å². The number of anilines is 1. The highest BCUT2D eigenvalue weighted by Crippen LogP contribution is 2.17. The van der Waals surface area contributed by atoms with Crippen LogP contribution in [-0.2, 0) is 4.74 Å². The summed E-state index contributed by atoms with van der Waals surface area (Å²) in [6.45, 7) is 0. The Bertz CT molecular complexity index is 714. The molecule has 0 saturated heterocycles. The number of nitro groups is 1. The maximum absolute atomic E-state index is 11.5. The molecular formula is C15H13N3O4. The molecule has 2 aromatic rings. The van der Waals surface area contributed by atoms with Gasteiger partial charge in [-0.25, -0.2) is 4.79 Å². The lowest BCUT2D eigenvalue weighted by Gasteiger charge is -2.02. The number of nitro benzene ring substituents is 1. The maximum atomic E-state index is 11.5. The number of rotatable bonds is 5. The highest BCUT2D eigenvalue weighted by Gasteiger charge is 2.14. The number of hydrogen-bond donors (Lipinski definition) is 1. The van der Waals surface area contributed by atoms with Crippen LogP contribution in [0.3, 0.4) is 0 Å². The van der Waals surface area contributed by atoms with Gasteiger partial charge in [-0.1, -0.05) is 18.2 Å². The van der Waals surface area contributed by atoms with E-state index in [1.165, 1.54) is 25.5 Å². The number of ether oxygens (including phenoxy) is 1. The Kier molecular flexibility index (Phi) is 4.81. The number of nitrogens with zero attached hydrogens (tertiary/aromatic N) is 2. The Hall–Kier alpha value is -3.22. The summed E-state index contributed by atoms with van der Waals surface area (Å²) in [6.07, 6.45) is 1.40. The van der Waals surface area contributed by atoms with E-state index in [0.29, 0.717) is 5.56 Å². The van der Waals surface area contributed by atoms with Crippen LogP contribution >= 0.6 is 0 Å². The monoisotopic (exact) mass is 299 g/mol. The zero-order valence-corrected chi connectivity index (χ0v) is 11.7. The highest BCUT2D eigenvalue weighted by atomic mass is 16.6. The van der Waals surface area contributed by atoms with Crippen LogP contribution in [0.15, 0.2) is 53.6 Å². The summed E-state index contributed by atoms with van der Waals surface area (Å²) in [5, 5.41) is 14.9. The van der Waals surface area contributed by atoms with Crippen molar-refractivity contribution in [2.24, 2.45) is 5.10 Å². The van der Waals surface area contributed by atoms with Crippen molar-refractivity contribution in [3.8, 4) is 0 Å². The van der Waals surface area contributed by atoms with Gasteiger partial charge in [-0.3, -0.25) is 15.5 Å². The van der Waals surface area contributed by atoms with E-state index in [9.17, 15) is 14.9 Å². The second-order valence-corrected chi connectivity index (χ2v) is 4.30. The van der Waals surface area contributed by atoms with Gasteiger partial charge in [-0.05, 0) is 18.2 Å². The van der Waals surface area contributed by atoms with E-state index in [0.717, 1.165) is 11.8 Å². The van der Waals surface area contributed by atoms with Crippen molar-refractivity contribution in [1.82, 2.24) is 0 Å². The van der Waals surface area contributed by atoms with Gasteiger partial charge in [0, 0.05) is 17.7 Å². The minimum absolute atomic E-state index is 0.0952. The number of nitrogens with one attached hydrogen (secondary N) is 1. The summed E-state index contributed by atoms with van der Waals surface area (Å²) in [6, 6.07) is 13.2. The number of carbonyl (C=O) groups is 1. The van der Waals surface area contributed by atoms with Gasteiger partial charge in [0.15, 0.2) is 0 Å². The summed E-state index contributed by atoms with van der Waals surface area (Å²) in [4.78, 5) is 21.9. The minimum atomic E-state index is -0.644. The Balaban J connectivity index is 2.24.